The Bertz CT molecular complexity index is 707. The molecule has 2 fully saturated rings. The maximum atomic E-state index is 5.42. The zero-order valence-electron chi connectivity index (χ0n) is 15.4. The predicted octanol–water partition coefficient (Wildman–Crippen LogP) is 5.73. The summed E-state index contributed by atoms with van der Waals surface area (Å²) < 4.78 is 5.42. The molecule has 1 heterocycles. The third kappa shape index (κ3) is 2.76. The summed E-state index contributed by atoms with van der Waals surface area (Å²) in [6.45, 7) is 2.35. The van der Waals surface area contributed by atoms with E-state index in [1.165, 1.54) is 43.4 Å². The molecule has 2 aliphatic rings. The molecule has 2 unspecified atom stereocenters. The molecular weight excluding hydrogens is 306 g/mol. The van der Waals surface area contributed by atoms with Crippen molar-refractivity contribution in [3.63, 3.8) is 0 Å². The number of pyridine rings is 1. The molecule has 1 aromatic heterocycles. The summed E-state index contributed by atoms with van der Waals surface area (Å²) in [7, 11) is 1.72. The summed E-state index contributed by atoms with van der Waals surface area (Å²) in [4.78, 5) is 4.88. The number of ether oxygens (including phenoxy) is 1. The van der Waals surface area contributed by atoms with E-state index in [2.05, 4.69) is 49.4 Å². The van der Waals surface area contributed by atoms with Crippen LogP contribution in [0.5, 0.6) is 5.88 Å². The zero-order chi connectivity index (χ0) is 17.3. The highest BCUT2D eigenvalue weighted by molar-refractivity contribution is 5.35. The highest BCUT2D eigenvalue weighted by Gasteiger charge is 2.57. The van der Waals surface area contributed by atoms with Gasteiger partial charge in [0.25, 0.3) is 0 Å². The number of aromatic nitrogens is 1. The van der Waals surface area contributed by atoms with Crippen LogP contribution < -0.4 is 4.74 Å². The Kier molecular flexibility index (Phi) is 4.54. The fourth-order valence-corrected chi connectivity index (χ4v) is 5.64. The van der Waals surface area contributed by atoms with Crippen molar-refractivity contribution in [1.29, 1.82) is 0 Å². The molecule has 2 saturated carbocycles. The second-order valence-corrected chi connectivity index (χ2v) is 7.87. The molecule has 132 valence electrons. The molecule has 0 amide bonds. The monoisotopic (exact) mass is 335 g/mol. The van der Waals surface area contributed by atoms with Gasteiger partial charge in [0, 0.05) is 11.5 Å². The standard InChI is InChI=1S/C23H29NO/c1-3-23(20-14-9-15-21(24-20)25-2)16-19(17-10-5-4-6-11-17)22(23)18-12-7-8-13-18/h4-6,9-11,14-15,18-19,22H,3,7-8,12-13,16H2,1-2H3/t19?,22?,23-/m0/s1. The Morgan fingerprint density at radius 1 is 1.04 bits per heavy atom. The van der Waals surface area contributed by atoms with Gasteiger partial charge < -0.3 is 4.74 Å². The minimum absolute atomic E-state index is 0.212. The average Bonchev–Trinajstić information content (AvgIpc) is 3.16. The van der Waals surface area contributed by atoms with E-state index in [1.54, 1.807) is 7.11 Å². The Balaban J connectivity index is 1.73. The number of nitrogens with zero attached hydrogens (tertiary/aromatic N) is 1. The van der Waals surface area contributed by atoms with Crippen molar-refractivity contribution in [2.45, 2.75) is 56.8 Å². The Hall–Kier alpha value is -1.83. The number of rotatable bonds is 5. The first-order valence-corrected chi connectivity index (χ1v) is 9.85. The van der Waals surface area contributed by atoms with Crippen LogP contribution in [0.2, 0.25) is 0 Å². The van der Waals surface area contributed by atoms with Crippen LogP contribution in [-0.2, 0) is 5.41 Å². The quantitative estimate of drug-likeness (QED) is 0.696. The van der Waals surface area contributed by atoms with Crippen molar-refractivity contribution in [3.8, 4) is 5.88 Å². The molecule has 0 bridgehead atoms. The topological polar surface area (TPSA) is 22.1 Å². The van der Waals surface area contributed by atoms with E-state index in [0.717, 1.165) is 18.2 Å². The molecule has 0 aliphatic heterocycles. The third-order valence-electron chi connectivity index (χ3n) is 6.86. The van der Waals surface area contributed by atoms with E-state index in [1.807, 2.05) is 6.07 Å². The Morgan fingerprint density at radius 3 is 2.48 bits per heavy atom. The first-order valence-electron chi connectivity index (χ1n) is 9.85. The smallest absolute Gasteiger partial charge is 0.213 e. The van der Waals surface area contributed by atoms with Gasteiger partial charge in [-0.25, -0.2) is 4.98 Å². The van der Waals surface area contributed by atoms with E-state index >= 15 is 0 Å². The van der Waals surface area contributed by atoms with E-state index in [9.17, 15) is 0 Å². The Morgan fingerprint density at radius 2 is 1.80 bits per heavy atom. The van der Waals surface area contributed by atoms with Gasteiger partial charge in [0.05, 0.1) is 12.8 Å². The number of hydrogen-bond acceptors (Lipinski definition) is 2. The molecular formula is C23H29NO. The normalized spacial score (nSPS) is 29.4. The molecule has 0 spiro atoms. The average molecular weight is 335 g/mol. The van der Waals surface area contributed by atoms with Crippen molar-refractivity contribution >= 4 is 0 Å². The van der Waals surface area contributed by atoms with E-state index in [-0.39, 0.29) is 5.41 Å². The molecule has 2 aliphatic carbocycles. The largest absolute Gasteiger partial charge is 0.481 e. The maximum Gasteiger partial charge on any atom is 0.213 e. The van der Waals surface area contributed by atoms with Gasteiger partial charge in [-0.1, -0.05) is 69.0 Å². The second-order valence-electron chi connectivity index (χ2n) is 7.87. The van der Waals surface area contributed by atoms with Crippen molar-refractivity contribution < 1.29 is 4.74 Å². The predicted molar refractivity (Wildman–Crippen MR) is 102 cm³/mol. The van der Waals surface area contributed by atoms with Gasteiger partial charge in [-0.3, -0.25) is 0 Å². The van der Waals surface area contributed by atoms with Crippen molar-refractivity contribution in [1.82, 2.24) is 4.98 Å². The molecule has 25 heavy (non-hydrogen) atoms. The van der Waals surface area contributed by atoms with Gasteiger partial charge in [-0.2, -0.15) is 0 Å². The van der Waals surface area contributed by atoms with E-state index in [0.29, 0.717) is 11.8 Å². The fourth-order valence-electron chi connectivity index (χ4n) is 5.64. The highest BCUT2D eigenvalue weighted by Crippen LogP contribution is 2.63. The minimum atomic E-state index is 0.212. The summed E-state index contributed by atoms with van der Waals surface area (Å²) >= 11 is 0. The van der Waals surface area contributed by atoms with E-state index < -0.39 is 0 Å². The van der Waals surface area contributed by atoms with Gasteiger partial charge in [-0.05, 0) is 42.2 Å². The lowest BCUT2D eigenvalue weighted by Gasteiger charge is -2.58. The molecule has 0 N–H and O–H groups in total. The first kappa shape index (κ1) is 16.6. The van der Waals surface area contributed by atoms with Crippen molar-refractivity contribution in [2.24, 2.45) is 11.8 Å². The lowest BCUT2D eigenvalue weighted by molar-refractivity contribution is 0.0223. The lowest BCUT2D eigenvalue weighted by atomic mass is 9.46. The van der Waals surface area contributed by atoms with Gasteiger partial charge in [-0.15, -0.1) is 0 Å². The summed E-state index contributed by atoms with van der Waals surface area (Å²) in [5.74, 6) is 2.98. The number of methoxy groups -OCH3 is 1. The van der Waals surface area contributed by atoms with Crippen LogP contribution in [0, 0.1) is 11.8 Å². The third-order valence-corrected chi connectivity index (χ3v) is 6.86. The van der Waals surface area contributed by atoms with Crippen LogP contribution in [0.3, 0.4) is 0 Å². The van der Waals surface area contributed by atoms with Crippen LogP contribution in [0.1, 0.15) is 62.6 Å². The molecule has 3 atom stereocenters. The minimum Gasteiger partial charge on any atom is -0.481 e. The molecule has 2 heteroatoms. The zero-order valence-corrected chi connectivity index (χ0v) is 15.4. The molecule has 2 nitrogen and oxygen atoms in total. The summed E-state index contributed by atoms with van der Waals surface area (Å²) in [5.41, 5.74) is 2.98. The summed E-state index contributed by atoms with van der Waals surface area (Å²) in [5, 5.41) is 0. The van der Waals surface area contributed by atoms with Crippen LogP contribution in [0.4, 0.5) is 0 Å². The SMILES string of the molecule is CC[C@@]1(c2cccc(OC)n2)CC(c2ccccc2)C1C1CCCC1. The molecule has 2 aromatic rings. The van der Waals surface area contributed by atoms with Crippen LogP contribution in [0.15, 0.2) is 48.5 Å². The number of benzene rings is 1. The lowest BCUT2D eigenvalue weighted by Crippen LogP contribution is -2.53. The Labute approximate surface area is 151 Å². The molecule has 0 radical (unpaired) electrons. The van der Waals surface area contributed by atoms with Gasteiger partial charge in [0.2, 0.25) is 5.88 Å². The molecule has 1 aromatic carbocycles. The van der Waals surface area contributed by atoms with Crippen LogP contribution in [0.25, 0.3) is 0 Å². The van der Waals surface area contributed by atoms with Gasteiger partial charge in [0.15, 0.2) is 0 Å². The summed E-state index contributed by atoms with van der Waals surface area (Å²) in [6, 6.07) is 17.5. The van der Waals surface area contributed by atoms with E-state index in [4.69, 9.17) is 9.72 Å². The maximum absolute atomic E-state index is 5.42. The van der Waals surface area contributed by atoms with Crippen molar-refractivity contribution in [2.75, 3.05) is 7.11 Å². The van der Waals surface area contributed by atoms with Crippen molar-refractivity contribution in [3.05, 3.63) is 59.8 Å². The van der Waals surface area contributed by atoms with Gasteiger partial charge >= 0.3 is 0 Å². The van der Waals surface area contributed by atoms with Gasteiger partial charge in [0.1, 0.15) is 0 Å². The van der Waals surface area contributed by atoms with Crippen LogP contribution in [-0.4, -0.2) is 12.1 Å². The first-order chi connectivity index (χ1) is 12.3. The molecule has 0 saturated heterocycles. The highest BCUT2D eigenvalue weighted by atomic mass is 16.5. The second kappa shape index (κ2) is 6.82. The molecule has 4 rings (SSSR count). The fraction of sp³-hybridized carbons (Fsp3) is 0.522. The summed E-state index contributed by atoms with van der Waals surface area (Å²) in [6.07, 6.45) is 7.95. The number of hydrogen-bond donors (Lipinski definition) is 0. The van der Waals surface area contributed by atoms with Crippen LogP contribution >= 0.6 is 0 Å².